The second kappa shape index (κ2) is 10.5. The fourth-order valence-electron chi connectivity index (χ4n) is 2.95. The van der Waals surface area contributed by atoms with Crippen molar-refractivity contribution in [1.29, 1.82) is 0 Å². The van der Waals surface area contributed by atoms with Gasteiger partial charge in [0.2, 0.25) is 11.8 Å². The highest BCUT2D eigenvalue weighted by Crippen LogP contribution is 2.22. The van der Waals surface area contributed by atoms with Crippen molar-refractivity contribution in [3.63, 3.8) is 0 Å². The van der Waals surface area contributed by atoms with E-state index in [0.29, 0.717) is 17.4 Å². The highest BCUT2D eigenvalue weighted by Gasteiger charge is 2.19. The Kier molecular flexibility index (Phi) is 9.11. The number of nitrogens with one attached hydrogen (secondary N) is 2. The standard InChI is InChI=1S/C17H24ClN3O2.ClH/c18-14-3-1-2-13(10-14)15(11-16(19)22)21-17(23)5-4-12-6-8-20-9-7-12;/h1-3,10,12,15,20H,4-9,11H2,(H2,19,22)(H,21,23);1H/t15-;/m1./s1. The molecule has 7 heteroatoms. The fraction of sp³-hybridized carbons (Fsp3) is 0.529. The molecule has 1 saturated heterocycles. The summed E-state index contributed by atoms with van der Waals surface area (Å²) in [5, 5.41) is 6.81. The maximum absolute atomic E-state index is 12.2. The zero-order chi connectivity index (χ0) is 16.7. The molecule has 0 aromatic heterocycles. The van der Waals surface area contributed by atoms with Crippen LogP contribution in [0.25, 0.3) is 0 Å². The first-order valence-electron chi connectivity index (χ1n) is 8.08. The zero-order valence-electron chi connectivity index (χ0n) is 13.6. The largest absolute Gasteiger partial charge is 0.370 e. The molecule has 0 saturated carbocycles. The molecule has 1 atom stereocenters. The van der Waals surface area contributed by atoms with E-state index in [9.17, 15) is 9.59 Å². The molecular formula is C17H25Cl2N3O2. The Bertz CT molecular complexity index is 548. The molecule has 4 N–H and O–H groups in total. The Labute approximate surface area is 154 Å². The molecule has 0 unspecified atom stereocenters. The van der Waals surface area contributed by atoms with Crippen LogP contribution in [0.1, 0.15) is 43.7 Å². The SMILES string of the molecule is Cl.NC(=O)C[C@@H](NC(=O)CCC1CCNCC1)c1cccc(Cl)c1. The van der Waals surface area contributed by atoms with Gasteiger partial charge < -0.3 is 16.4 Å². The second-order valence-corrected chi connectivity index (χ2v) is 6.51. The van der Waals surface area contributed by atoms with Crippen LogP contribution in [0.2, 0.25) is 5.02 Å². The third-order valence-electron chi connectivity index (χ3n) is 4.23. The molecule has 1 fully saturated rings. The van der Waals surface area contributed by atoms with Crippen LogP contribution >= 0.6 is 24.0 Å². The summed E-state index contributed by atoms with van der Waals surface area (Å²) in [6, 6.07) is 6.72. The van der Waals surface area contributed by atoms with Gasteiger partial charge in [0, 0.05) is 11.4 Å². The Morgan fingerprint density at radius 2 is 2.04 bits per heavy atom. The second-order valence-electron chi connectivity index (χ2n) is 6.08. The van der Waals surface area contributed by atoms with Gasteiger partial charge >= 0.3 is 0 Å². The number of piperidine rings is 1. The van der Waals surface area contributed by atoms with Gasteiger partial charge in [-0.15, -0.1) is 12.4 Å². The van der Waals surface area contributed by atoms with E-state index < -0.39 is 11.9 Å². The van der Waals surface area contributed by atoms with Crippen molar-refractivity contribution in [1.82, 2.24) is 10.6 Å². The van der Waals surface area contributed by atoms with Crippen molar-refractivity contribution in [2.75, 3.05) is 13.1 Å². The van der Waals surface area contributed by atoms with E-state index in [4.69, 9.17) is 17.3 Å². The van der Waals surface area contributed by atoms with Crippen LogP contribution in [0.4, 0.5) is 0 Å². The van der Waals surface area contributed by atoms with Crippen LogP contribution < -0.4 is 16.4 Å². The smallest absolute Gasteiger partial charge is 0.220 e. The molecule has 24 heavy (non-hydrogen) atoms. The summed E-state index contributed by atoms with van der Waals surface area (Å²) in [5.74, 6) is 0.103. The van der Waals surface area contributed by atoms with Crippen molar-refractivity contribution in [3.05, 3.63) is 34.9 Å². The van der Waals surface area contributed by atoms with Gasteiger partial charge in [0.25, 0.3) is 0 Å². The quantitative estimate of drug-likeness (QED) is 0.686. The van der Waals surface area contributed by atoms with E-state index in [1.165, 1.54) is 0 Å². The molecule has 1 heterocycles. The van der Waals surface area contributed by atoms with Crippen LogP contribution in [0.5, 0.6) is 0 Å². The summed E-state index contributed by atoms with van der Waals surface area (Å²) in [6.45, 7) is 2.05. The van der Waals surface area contributed by atoms with Crippen molar-refractivity contribution < 1.29 is 9.59 Å². The fourth-order valence-corrected chi connectivity index (χ4v) is 3.15. The van der Waals surface area contributed by atoms with E-state index in [1.807, 2.05) is 6.07 Å². The average Bonchev–Trinajstić information content (AvgIpc) is 2.53. The molecule has 2 amide bonds. The van der Waals surface area contributed by atoms with Gasteiger partial charge in [0.1, 0.15) is 0 Å². The monoisotopic (exact) mass is 373 g/mol. The lowest BCUT2D eigenvalue weighted by Crippen LogP contribution is -2.33. The summed E-state index contributed by atoms with van der Waals surface area (Å²) in [5.41, 5.74) is 6.10. The summed E-state index contributed by atoms with van der Waals surface area (Å²) in [4.78, 5) is 23.5. The van der Waals surface area contributed by atoms with Crippen molar-refractivity contribution in [3.8, 4) is 0 Å². The predicted molar refractivity (Wildman–Crippen MR) is 98.2 cm³/mol. The van der Waals surface area contributed by atoms with Crippen LogP contribution in [0.15, 0.2) is 24.3 Å². The van der Waals surface area contributed by atoms with E-state index >= 15 is 0 Å². The predicted octanol–water partition coefficient (Wildman–Crippen LogP) is 2.57. The molecule has 1 aliphatic rings. The van der Waals surface area contributed by atoms with E-state index in [-0.39, 0.29) is 24.7 Å². The van der Waals surface area contributed by atoms with Gasteiger partial charge in [0.15, 0.2) is 0 Å². The van der Waals surface area contributed by atoms with Crippen molar-refractivity contribution in [2.45, 2.75) is 38.1 Å². The number of benzene rings is 1. The highest BCUT2D eigenvalue weighted by molar-refractivity contribution is 6.30. The van der Waals surface area contributed by atoms with Crippen LogP contribution in [-0.4, -0.2) is 24.9 Å². The third-order valence-corrected chi connectivity index (χ3v) is 4.47. The number of carbonyl (C=O) groups excluding carboxylic acids is 2. The molecular weight excluding hydrogens is 349 g/mol. The van der Waals surface area contributed by atoms with Crippen LogP contribution in [0.3, 0.4) is 0 Å². The number of carbonyl (C=O) groups is 2. The van der Waals surface area contributed by atoms with Gasteiger partial charge in [-0.2, -0.15) is 0 Å². The Morgan fingerprint density at radius 3 is 2.67 bits per heavy atom. The molecule has 0 aliphatic carbocycles. The molecule has 0 radical (unpaired) electrons. The van der Waals surface area contributed by atoms with Gasteiger partial charge in [-0.05, 0) is 56.0 Å². The zero-order valence-corrected chi connectivity index (χ0v) is 15.2. The Morgan fingerprint density at radius 1 is 1.33 bits per heavy atom. The molecule has 0 spiro atoms. The average molecular weight is 374 g/mol. The molecule has 0 bridgehead atoms. The minimum Gasteiger partial charge on any atom is -0.370 e. The summed E-state index contributed by atoms with van der Waals surface area (Å²) in [7, 11) is 0. The van der Waals surface area contributed by atoms with E-state index in [2.05, 4.69) is 10.6 Å². The Balaban J connectivity index is 0.00000288. The first kappa shape index (κ1) is 20.7. The normalized spacial score (nSPS) is 16.0. The topological polar surface area (TPSA) is 84.2 Å². The number of nitrogens with two attached hydrogens (primary N) is 1. The number of hydrogen-bond acceptors (Lipinski definition) is 3. The third kappa shape index (κ3) is 7.07. The minimum atomic E-state index is -0.450. The first-order chi connectivity index (χ1) is 11.0. The van der Waals surface area contributed by atoms with E-state index in [1.54, 1.807) is 18.2 Å². The van der Waals surface area contributed by atoms with Crippen molar-refractivity contribution in [2.24, 2.45) is 11.7 Å². The van der Waals surface area contributed by atoms with Gasteiger partial charge in [-0.25, -0.2) is 0 Å². The van der Waals surface area contributed by atoms with Gasteiger partial charge in [-0.1, -0.05) is 23.7 Å². The van der Waals surface area contributed by atoms with Gasteiger partial charge in [-0.3, -0.25) is 9.59 Å². The Hall–Kier alpha value is -1.30. The molecule has 1 aromatic rings. The number of primary amides is 1. The molecule has 1 aliphatic heterocycles. The van der Waals surface area contributed by atoms with Crippen LogP contribution in [0, 0.1) is 5.92 Å². The number of halogens is 2. The number of rotatable bonds is 7. The maximum atomic E-state index is 12.2. The van der Waals surface area contributed by atoms with Gasteiger partial charge in [0.05, 0.1) is 12.5 Å². The first-order valence-corrected chi connectivity index (χ1v) is 8.46. The molecule has 134 valence electrons. The number of amides is 2. The minimum absolute atomic E-state index is 0. The highest BCUT2D eigenvalue weighted by atomic mass is 35.5. The number of hydrogen-bond donors (Lipinski definition) is 3. The summed E-state index contributed by atoms with van der Waals surface area (Å²) < 4.78 is 0. The molecule has 5 nitrogen and oxygen atoms in total. The summed E-state index contributed by atoms with van der Waals surface area (Å²) in [6.07, 6.45) is 3.66. The van der Waals surface area contributed by atoms with Crippen LogP contribution in [-0.2, 0) is 9.59 Å². The van der Waals surface area contributed by atoms with Crippen molar-refractivity contribution >= 4 is 35.8 Å². The lowest BCUT2D eigenvalue weighted by atomic mass is 9.93. The maximum Gasteiger partial charge on any atom is 0.220 e. The lowest BCUT2D eigenvalue weighted by molar-refractivity contribution is -0.123. The molecule has 2 rings (SSSR count). The van der Waals surface area contributed by atoms with E-state index in [0.717, 1.165) is 37.9 Å². The summed E-state index contributed by atoms with van der Waals surface area (Å²) >= 11 is 5.99. The molecule has 1 aromatic carbocycles. The lowest BCUT2D eigenvalue weighted by Gasteiger charge is -2.23.